The van der Waals surface area contributed by atoms with Gasteiger partial charge in [0.25, 0.3) is 0 Å². The zero-order valence-corrected chi connectivity index (χ0v) is 10.5. The lowest BCUT2D eigenvalue weighted by Crippen LogP contribution is -2.24. The minimum absolute atomic E-state index is 0.268. The molecule has 1 rings (SSSR count). The van der Waals surface area contributed by atoms with Crippen LogP contribution < -0.4 is 0 Å². The molecule has 0 aliphatic carbocycles. The fraction of sp³-hybridized carbons (Fsp3) is 0.727. The molecule has 0 fully saturated rings. The van der Waals surface area contributed by atoms with Gasteiger partial charge in [-0.05, 0) is 33.0 Å². The van der Waals surface area contributed by atoms with Gasteiger partial charge in [-0.2, -0.15) is 5.10 Å². The zero-order valence-electron chi connectivity index (χ0n) is 9.78. The fourth-order valence-electron chi connectivity index (χ4n) is 1.46. The predicted octanol–water partition coefficient (Wildman–Crippen LogP) is 1.91. The van der Waals surface area contributed by atoms with Crippen molar-refractivity contribution in [3.63, 3.8) is 0 Å². The van der Waals surface area contributed by atoms with Gasteiger partial charge in [0.1, 0.15) is 0 Å². The van der Waals surface area contributed by atoms with Gasteiger partial charge in [0.15, 0.2) is 0 Å². The summed E-state index contributed by atoms with van der Waals surface area (Å²) in [5, 5.41) is 4.41. The van der Waals surface area contributed by atoms with Gasteiger partial charge in [0, 0.05) is 37.3 Å². The SMILES string of the molecule is CC(Cl)CCN(C)CCc1ccnn1C. The number of rotatable bonds is 6. The number of likely N-dealkylation sites (N-methyl/N-ethyl adjacent to an activating group) is 1. The maximum absolute atomic E-state index is 5.91. The second-order valence-electron chi connectivity index (χ2n) is 4.07. The van der Waals surface area contributed by atoms with Crippen LogP contribution in [0.25, 0.3) is 0 Å². The smallest absolute Gasteiger partial charge is 0.0492 e. The highest BCUT2D eigenvalue weighted by Crippen LogP contribution is 2.03. The lowest BCUT2D eigenvalue weighted by molar-refractivity contribution is 0.330. The molecule has 3 nitrogen and oxygen atoms in total. The van der Waals surface area contributed by atoms with Crippen LogP contribution in [0.15, 0.2) is 12.3 Å². The zero-order chi connectivity index (χ0) is 11.3. The number of aryl methyl sites for hydroxylation is 1. The first-order chi connectivity index (χ1) is 7.09. The molecule has 0 N–H and O–H groups in total. The molecule has 0 aromatic carbocycles. The van der Waals surface area contributed by atoms with Crippen LogP contribution in [0.4, 0.5) is 0 Å². The van der Waals surface area contributed by atoms with E-state index in [1.165, 1.54) is 5.69 Å². The highest BCUT2D eigenvalue weighted by molar-refractivity contribution is 6.20. The normalized spacial score (nSPS) is 13.4. The Morgan fingerprint density at radius 3 is 2.80 bits per heavy atom. The van der Waals surface area contributed by atoms with Gasteiger partial charge in [-0.3, -0.25) is 4.68 Å². The molecule has 0 amide bonds. The van der Waals surface area contributed by atoms with E-state index < -0.39 is 0 Å². The Labute approximate surface area is 97.0 Å². The second kappa shape index (κ2) is 6.13. The van der Waals surface area contributed by atoms with Crippen molar-refractivity contribution in [2.75, 3.05) is 20.1 Å². The van der Waals surface area contributed by atoms with Crippen LogP contribution in [0, 0.1) is 0 Å². The van der Waals surface area contributed by atoms with Gasteiger partial charge in [-0.15, -0.1) is 11.6 Å². The Hall–Kier alpha value is -0.540. The molecule has 0 aliphatic heterocycles. The minimum Gasteiger partial charge on any atom is -0.306 e. The fourth-order valence-corrected chi connectivity index (χ4v) is 1.56. The molecule has 4 heteroatoms. The summed E-state index contributed by atoms with van der Waals surface area (Å²) in [5.41, 5.74) is 1.28. The summed E-state index contributed by atoms with van der Waals surface area (Å²) < 4.78 is 1.93. The lowest BCUT2D eigenvalue weighted by atomic mass is 10.2. The molecule has 0 saturated carbocycles. The van der Waals surface area contributed by atoms with Crippen molar-refractivity contribution in [3.8, 4) is 0 Å². The van der Waals surface area contributed by atoms with E-state index in [1.54, 1.807) is 0 Å². The van der Waals surface area contributed by atoms with E-state index in [2.05, 4.69) is 23.1 Å². The quantitative estimate of drug-likeness (QED) is 0.695. The maximum Gasteiger partial charge on any atom is 0.0492 e. The van der Waals surface area contributed by atoms with Crippen LogP contribution in [0.1, 0.15) is 19.0 Å². The molecular weight excluding hydrogens is 210 g/mol. The topological polar surface area (TPSA) is 21.1 Å². The molecular formula is C11H20ClN3. The van der Waals surface area contributed by atoms with Crippen molar-refractivity contribution in [1.82, 2.24) is 14.7 Å². The first-order valence-electron chi connectivity index (χ1n) is 5.39. The van der Waals surface area contributed by atoms with E-state index in [0.29, 0.717) is 0 Å². The van der Waals surface area contributed by atoms with Crippen molar-refractivity contribution < 1.29 is 0 Å². The molecule has 86 valence electrons. The highest BCUT2D eigenvalue weighted by Gasteiger charge is 2.03. The van der Waals surface area contributed by atoms with Crippen LogP contribution in [0.2, 0.25) is 0 Å². The van der Waals surface area contributed by atoms with Gasteiger partial charge in [0.2, 0.25) is 0 Å². The largest absolute Gasteiger partial charge is 0.306 e. The Morgan fingerprint density at radius 1 is 1.53 bits per heavy atom. The number of hydrogen-bond acceptors (Lipinski definition) is 2. The number of alkyl halides is 1. The Morgan fingerprint density at radius 2 is 2.27 bits per heavy atom. The van der Waals surface area contributed by atoms with Crippen LogP contribution in [0.5, 0.6) is 0 Å². The molecule has 1 aromatic rings. The van der Waals surface area contributed by atoms with E-state index in [1.807, 2.05) is 24.9 Å². The average Bonchev–Trinajstić information content (AvgIpc) is 2.58. The van der Waals surface area contributed by atoms with Gasteiger partial charge in [-0.1, -0.05) is 0 Å². The number of nitrogens with zero attached hydrogens (tertiary/aromatic N) is 3. The lowest BCUT2D eigenvalue weighted by Gasteiger charge is -2.17. The Bertz CT molecular complexity index is 283. The summed E-state index contributed by atoms with van der Waals surface area (Å²) in [6, 6.07) is 2.07. The van der Waals surface area contributed by atoms with Gasteiger partial charge in [0.05, 0.1) is 0 Å². The Kier molecular flexibility index (Phi) is 5.12. The van der Waals surface area contributed by atoms with Gasteiger partial charge < -0.3 is 4.90 Å². The van der Waals surface area contributed by atoms with Crippen LogP contribution >= 0.6 is 11.6 Å². The summed E-state index contributed by atoms with van der Waals surface area (Å²) in [6.45, 7) is 4.15. The minimum atomic E-state index is 0.268. The number of halogens is 1. The second-order valence-corrected chi connectivity index (χ2v) is 4.81. The van der Waals surface area contributed by atoms with Crippen molar-refractivity contribution in [2.45, 2.75) is 25.1 Å². The van der Waals surface area contributed by atoms with Crippen molar-refractivity contribution in [1.29, 1.82) is 0 Å². The van der Waals surface area contributed by atoms with Crippen LogP contribution in [-0.2, 0) is 13.5 Å². The average molecular weight is 230 g/mol. The van der Waals surface area contributed by atoms with Crippen LogP contribution in [-0.4, -0.2) is 40.2 Å². The Balaban J connectivity index is 2.22. The third-order valence-corrected chi connectivity index (χ3v) is 2.80. The standard InChI is InChI=1S/C11H20ClN3/c1-10(12)5-8-14(2)9-6-11-4-7-13-15(11)3/h4,7,10H,5-6,8-9H2,1-3H3. The molecule has 1 aromatic heterocycles. The third kappa shape index (κ3) is 4.67. The van der Waals surface area contributed by atoms with Crippen molar-refractivity contribution in [2.24, 2.45) is 7.05 Å². The summed E-state index contributed by atoms with van der Waals surface area (Å²) in [5.74, 6) is 0. The molecule has 15 heavy (non-hydrogen) atoms. The van der Waals surface area contributed by atoms with Crippen molar-refractivity contribution in [3.05, 3.63) is 18.0 Å². The molecule has 1 unspecified atom stereocenters. The summed E-state index contributed by atoms with van der Waals surface area (Å²) in [4.78, 5) is 2.31. The summed E-state index contributed by atoms with van der Waals surface area (Å²) >= 11 is 5.91. The van der Waals surface area contributed by atoms with Crippen molar-refractivity contribution >= 4 is 11.6 Å². The van der Waals surface area contributed by atoms with Crippen LogP contribution in [0.3, 0.4) is 0 Å². The number of hydrogen-bond donors (Lipinski definition) is 0. The molecule has 0 spiro atoms. The first kappa shape index (κ1) is 12.5. The van der Waals surface area contributed by atoms with E-state index in [9.17, 15) is 0 Å². The van der Waals surface area contributed by atoms with Gasteiger partial charge >= 0.3 is 0 Å². The molecule has 0 bridgehead atoms. The molecule has 0 aliphatic rings. The summed E-state index contributed by atoms with van der Waals surface area (Å²) in [6.07, 6.45) is 3.93. The maximum atomic E-state index is 5.91. The molecule has 1 heterocycles. The third-order valence-electron chi connectivity index (χ3n) is 2.58. The predicted molar refractivity (Wildman–Crippen MR) is 64.3 cm³/mol. The number of aromatic nitrogens is 2. The van der Waals surface area contributed by atoms with Gasteiger partial charge in [-0.25, -0.2) is 0 Å². The monoisotopic (exact) mass is 229 g/mol. The molecule has 0 saturated heterocycles. The molecule has 0 radical (unpaired) electrons. The van der Waals surface area contributed by atoms with E-state index in [-0.39, 0.29) is 5.38 Å². The van der Waals surface area contributed by atoms with E-state index in [4.69, 9.17) is 11.6 Å². The first-order valence-corrected chi connectivity index (χ1v) is 5.82. The summed E-state index contributed by atoms with van der Waals surface area (Å²) in [7, 11) is 4.12. The van der Waals surface area contributed by atoms with E-state index >= 15 is 0 Å². The molecule has 1 atom stereocenters. The van der Waals surface area contributed by atoms with E-state index in [0.717, 1.165) is 25.9 Å². The highest BCUT2D eigenvalue weighted by atomic mass is 35.5.